The monoisotopic (exact) mass is 189 g/mol. The van der Waals surface area contributed by atoms with Gasteiger partial charge in [-0.05, 0) is 0 Å². The number of rotatable bonds is 0. The summed E-state index contributed by atoms with van der Waals surface area (Å²) in [6.07, 6.45) is 6.98. The van der Waals surface area contributed by atoms with E-state index in [4.69, 9.17) is 5.73 Å². The van der Waals surface area contributed by atoms with Crippen molar-refractivity contribution < 1.29 is 4.63 Å². The van der Waals surface area contributed by atoms with Crippen LogP contribution in [0, 0.1) is 0 Å². The molecule has 3 heterocycles. The fourth-order valence-corrected chi connectivity index (χ4v) is 1.63. The first-order chi connectivity index (χ1) is 6.77. The van der Waals surface area contributed by atoms with Crippen LogP contribution in [0.25, 0.3) is 11.3 Å². The van der Waals surface area contributed by atoms with Crippen LogP contribution in [0.2, 0.25) is 0 Å². The minimum atomic E-state index is 0.702. The van der Waals surface area contributed by atoms with Gasteiger partial charge in [0.2, 0.25) is 11.3 Å². The Balaban J connectivity index is 2.65. The normalized spacial score (nSPS) is 11.5. The van der Waals surface area contributed by atoms with Crippen LogP contribution in [-0.2, 0) is 7.05 Å². The zero-order valence-electron chi connectivity index (χ0n) is 7.62. The Morgan fingerprint density at radius 3 is 2.79 bits per heavy atom. The second-order valence-electron chi connectivity index (χ2n) is 3.15. The molecule has 0 atom stereocenters. The fraction of sp³-hybridized carbons (Fsp3) is 0.125. The van der Waals surface area contributed by atoms with Gasteiger partial charge in [0.1, 0.15) is 11.9 Å². The van der Waals surface area contributed by atoms with E-state index in [1.807, 2.05) is 33.3 Å². The van der Waals surface area contributed by atoms with Gasteiger partial charge in [0.15, 0.2) is 0 Å². The largest absolute Gasteiger partial charge is 0.392 e. The van der Waals surface area contributed by atoms with E-state index in [2.05, 4.69) is 9.97 Å². The van der Waals surface area contributed by atoms with Crippen molar-refractivity contribution >= 4 is 17.0 Å². The van der Waals surface area contributed by atoms with Crippen molar-refractivity contribution in [3.63, 3.8) is 0 Å². The average Bonchev–Trinajstić information content (AvgIpc) is 2.68. The molecule has 3 rings (SSSR count). The van der Waals surface area contributed by atoms with Crippen molar-refractivity contribution in [1.29, 1.82) is 0 Å². The van der Waals surface area contributed by atoms with Gasteiger partial charge in [0, 0.05) is 17.0 Å². The number of nitrogens with two attached hydrogens (primary N) is 1. The van der Waals surface area contributed by atoms with Crippen LogP contribution in [0.4, 0.5) is 5.69 Å². The van der Waals surface area contributed by atoms with Gasteiger partial charge in [-0.3, -0.25) is 0 Å². The van der Waals surface area contributed by atoms with Gasteiger partial charge in [0.05, 0.1) is 7.05 Å². The SMILES string of the molecule is Cn1c2nccnc2n2cc(N)c[n+]12. The lowest BCUT2D eigenvalue weighted by molar-refractivity contribution is -0.694. The molecule has 0 aliphatic heterocycles. The van der Waals surface area contributed by atoms with Gasteiger partial charge >= 0.3 is 0 Å². The number of aryl methyl sites for hydroxylation is 1. The van der Waals surface area contributed by atoms with E-state index in [0.29, 0.717) is 5.69 Å². The van der Waals surface area contributed by atoms with Crippen molar-refractivity contribution in [2.45, 2.75) is 0 Å². The molecule has 0 amide bonds. The standard InChI is InChI=1S/C8H9N6/c1-12-7-8(11-3-2-10-7)13-4-6(9)5-14(12)13/h2-5H,9H2,1H3/q+1. The van der Waals surface area contributed by atoms with Crippen LogP contribution in [0.15, 0.2) is 24.8 Å². The molecule has 70 valence electrons. The molecule has 6 heteroatoms. The molecule has 0 aliphatic carbocycles. The summed E-state index contributed by atoms with van der Waals surface area (Å²) >= 11 is 0. The molecule has 0 saturated heterocycles. The maximum absolute atomic E-state index is 5.69. The van der Waals surface area contributed by atoms with Crippen molar-refractivity contribution in [2.24, 2.45) is 7.05 Å². The number of anilines is 1. The Hall–Kier alpha value is -2.11. The van der Waals surface area contributed by atoms with E-state index >= 15 is 0 Å². The van der Waals surface area contributed by atoms with Crippen molar-refractivity contribution in [2.75, 3.05) is 5.73 Å². The van der Waals surface area contributed by atoms with Crippen molar-refractivity contribution in [3.05, 3.63) is 24.8 Å². The van der Waals surface area contributed by atoms with Crippen LogP contribution < -0.4 is 10.4 Å². The van der Waals surface area contributed by atoms with Gasteiger partial charge in [0.25, 0.3) is 6.20 Å². The van der Waals surface area contributed by atoms with Crippen molar-refractivity contribution in [3.8, 4) is 0 Å². The Labute approximate surface area is 79.2 Å². The number of aromatic nitrogens is 5. The Morgan fingerprint density at radius 2 is 2.00 bits per heavy atom. The van der Waals surface area contributed by atoms with Crippen molar-refractivity contribution in [1.82, 2.24) is 19.2 Å². The number of nitrogens with zero attached hydrogens (tertiary/aromatic N) is 5. The van der Waals surface area contributed by atoms with E-state index in [-0.39, 0.29) is 0 Å². The van der Waals surface area contributed by atoms with Gasteiger partial charge < -0.3 is 5.73 Å². The van der Waals surface area contributed by atoms with E-state index < -0.39 is 0 Å². The summed E-state index contributed by atoms with van der Waals surface area (Å²) in [6, 6.07) is 0. The fourth-order valence-electron chi connectivity index (χ4n) is 1.63. The molecule has 3 aromatic heterocycles. The summed E-state index contributed by atoms with van der Waals surface area (Å²) in [4.78, 5) is 8.48. The molecule has 14 heavy (non-hydrogen) atoms. The molecule has 0 spiro atoms. The van der Waals surface area contributed by atoms with Crippen LogP contribution >= 0.6 is 0 Å². The Morgan fingerprint density at radius 1 is 1.29 bits per heavy atom. The molecule has 0 aliphatic rings. The van der Waals surface area contributed by atoms with Crippen LogP contribution in [0.3, 0.4) is 0 Å². The Bertz CT molecular complexity index is 619. The second-order valence-corrected chi connectivity index (χ2v) is 3.15. The smallest absolute Gasteiger partial charge is 0.253 e. The zero-order chi connectivity index (χ0) is 9.71. The highest BCUT2D eigenvalue weighted by molar-refractivity contribution is 5.63. The number of hydrogen-bond donors (Lipinski definition) is 1. The lowest BCUT2D eigenvalue weighted by Crippen LogP contribution is -2.33. The molecule has 0 unspecified atom stereocenters. The highest BCUT2D eigenvalue weighted by Crippen LogP contribution is 2.06. The third-order valence-corrected chi connectivity index (χ3v) is 2.25. The number of hydrogen-bond acceptors (Lipinski definition) is 3. The quantitative estimate of drug-likeness (QED) is 0.480. The summed E-state index contributed by atoms with van der Waals surface area (Å²) in [7, 11) is 1.91. The molecule has 0 bridgehead atoms. The van der Waals surface area contributed by atoms with E-state index in [1.165, 1.54) is 0 Å². The predicted octanol–water partition coefficient (Wildman–Crippen LogP) is -0.611. The first kappa shape index (κ1) is 7.31. The molecule has 3 aromatic rings. The second kappa shape index (κ2) is 2.22. The molecule has 0 saturated carbocycles. The molecule has 6 nitrogen and oxygen atoms in total. The third kappa shape index (κ3) is 0.723. The molecule has 2 N–H and O–H groups in total. The van der Waals surface area contributed by atoms with Gasteiger partial charge in [-0.25, -0.2) is 9.97 Å². The highest BCUT2D eigenvalue weighted by atomic mass is 15.6. The molecular formula is C8H9N6+. The molecule has 0 fully saturated rings. The molecule has 0 aromatic carbocycles. The van der Waals surface area contributed by atoms with Crippen LogP contribution in [0.5, 0.6) is 0 Å². The summed E-state index contributed by atoms with van der Waals surface area (Å²) in [5, 5.41) is 0. The molecular weight excluding hydrogens is 180 g/mol. The first-order valence-corrected chi connectivity index (χ1v) is 4.22. The number of nitrogen functional groups attached to an aromatic ring is 1. The molecule has 0 radical (unpaired) electrons. The zero-order valence-corrected chi connectivity index (χ0v) is 7.62. The summed E-state index contributed by atoms with van der Waals surface area (Å²) in [5.41, 5.74) is 8.02. The van der Waals surface area contributed by atoms with E-state index in [1.54, 1.807) is 12.4 Å². The topological polar surface area (TPSA) is 65.2 Å². The van der Waals surface area contributed by atoms with E-state index in [0.717, 1.165) is 11.3 Å². The third-order valence-electron chi connectivity index (χ3n) is 2.25. The lowest BCUT2D eigenvalue weighted by Gasteiger charge is -1.84. The van der Waals surface area contributed by atoms with Gasteiger partial charge in [-0.2, -0.15) is 0 Å². The summed E-state index contributed by atoms with van der Waals surface area (Å²) in [5.74, 6) is 0. The van der Waals surface area contributed by atoms with Crippen LogP contribution in [-0.4, -0.2) is 19.2 Å². The maximum Gasteiger partial charge on any atom is 0.253 e. The minimum Gasteiger partial charge on any atom is -0.392 e. The maximum atomic E-state index is 5.69. The average molecular weight is 189 g/mol. The predicted molar refractivity (Wildman–Crippen MR) is 49.5 cm³/mol. The summed E-state index contributed by atoms with van der Waals surface area (Å²) < 4.78 is 5.61. The van der Waals surface area contributed by atoms with Crippen LogP contribution in [0.1, 0.15) is 0 Å². The van der Waals surface area contributed by atoms with E-state index in [9.17, 15) is 0 Å². The first-order valence-electron chi connectivity index (χ1n) is 4.22. The number of fused-ring (bicyclic) bond motifs is 3. The Kier molecular flexibility index (Phi) is 1.16. The summed E-state index contributed by atoms with van der Waals surface area (Å²) in [6.45, 7) is 0. The highest BCUT2D eigenvalue weighted by Gasteiger charge is 2.17. The lowest BCUT2D eigenvalue weighted by atomic mass is 10.6. The van der Waals surface area contributed by atoms with Gasteiger partial charge in [-0.15, -0.1) is 4.68 Å². The van der Waals surface area contributed by atoms with Gasteiger partial charge in [-0.1, -0.05) is 4.52 Å². The minimum absolute atomic E-state index is 0.702.